The standard InChI is InChI=1S/C17H12BrFN6O3S/c18-13-10-20-25-16(23-29(27,28)22-11-5-7-24(26)8-6-11)9-15(21-17(13)25)12-3-1-2-4-14(12)19/h1-10,26H,(H,20,21,23)/p+1. The van der Waals surface area contributed by atoms with Crippen LogP contribution in [0, 0.1) is 5.82 Å². The van der Waals surface area contributed by atoms with Crippen LogP contribution < -0.4 is 14.2 Å². The molecule has 0 aliphatic heterocycles. The monoisotopic (exact) mass is 479 g/mol. The van der Waals surface area contributed by atoms with Gasteiger partial charge in [-0.05, 0) is 28.1 Å². The second kappa shape index (κ2) is 7.29. The fraction of sp³-hybridized carbons (Fsp3) is 0. The van der Waals surface area contributed by atoms with Gasteiger partial charge in [0, 0.05) is 28.5 Å². The Hall–Kier alpha value is -3.25. The molecular weight excluding hydrogens is 467 g/mol. The summed E-state index contributed by atoms with van der Waals surface area (Å²) in [5, 5.41) is 13.3. The van der Waals surface area contributed by atoms with Gasteiger partial charge in [-0.25, -0.2) is 9.37 Å². The summed E-state index contributed by atoms with van der Waals surface area (Å²) in [6, 6.07) is 10.2. The van der Waals surface area contributed by atoms with Gasteiger partial charge >= 0.3 is 10.2 Å². The average Bonchev–Trinajstić information content (AvgIpc) is 3.05. The van der Waals surface area contributed by atoms with Crippen LogP contribution >= 0.6 is 15.9 Å². The topological polar surface area (TPSA) is 112 Å². The quantitative estimate of drug-likeness (QED) is 0.300. The van der Waals surface area contributed by atoms with E-state index >= 15 is 0 Å². The minimum Gasteiger partial charge on any atom is -0.285 e. The van der Waals surface area contributed by atoms with E-state index in [1.54, 1.807) is 18.2 Å². The van der Waals surface area contributed by atoms with E-state index in [-0.39, 0.29) is 22.8 Å². The Balaban J connectivity index is 1.76. The molecule has 148 valence electrons. The van der Waals surface area contributed by atoms with E-state index in [1.807, 2.05) is 0 Å². The molecule has 3 heterocycles. The molecule has 0 saturated carbocycles. The number of hydrogen-bond acceptors (Lipinski definition) is 5. The van der Waals surface area contributed by atoms with Crippen molar-refractivity contribution < 1.29 is 22.7 Å². The number of fused-ring (bicyclic) bond motifs is 1. The molecule has 29 heavy (non-hydrogen) atoms. The highest BCUT2D eigenvalue weighted by molar-refractivity contribution is 9.10. The molecule has 1 aromatic carbocycles. The van der Waals surface area contributed by atoms with Crippen molar-refractivity contribution >= 4 is 43.3 Å². The van der Waals surface area contributed by atoms with Gasteiger partial charge in [0.15, 0.2) is 5.65 Å². The van der Waals surface area contributed by atoms with Crippen molar-refractivity contribution in [2.75, 3.05) is 9.44 Å². The molecule has 0 radical (unpaired) electrons. The van der Waals surface area contributed by atoms with Crippen molar-refractivity contribution in [2.45, 2.75) is 0 Å². The van der Waals surface area contributed by atoms with Gasteiger partial charge in [-0.3, -0.25) is 14.7 Å². The zero-order valence-corrected chi connectivity index (χ0v) is 16.9. The number of hydrogen-bond donors (Lipinski definition) is 3. The number of halogens is 2. The first-order chi connectivity index (χ1) is 13.8. The fourth-order valence-electron chi connectivity index (χ4n) is 2.62. The van der Waals surface area contributed by atoms with Crippen LogP contribution in [-0.4, -0.2) is 28.2 Å². The molecule has 0 fully saturated rings. The van der Waals surface area contributed by atoms with Crippen molar-refractivity contribution in [3.05, 3.63) is 71.3 Å². The Bertz CT molecular complexity index is 1310. The second-order valence-electron chi connectivity index (χ2n) is 5.91. The molecule has 0 aliphatic rings. The zero-order chi connectivity index (χ0) is 20.6. The van der Waals surface area contributed by atoms with Gasteiger partial charge in [-0.15, -0.1) is 0 Å². The van der Waals surface area contributed by atoms with Crippen LogP contribution in [0.15, 0.2) is 65.5 Å². The molecule has 12 heteroatoms. The average molecular weight is 480 g/mol. The predicted octanol–water partition coefficient (Wildman–Crippen LogP) is 2.59. The predicted molar refractivity (Wildman–Crippen MR) is 106 cm³/mol. The summed E-state index contributed by atoms with van der Waals surface area (Å²) < 4.78 is 46.7. The highest BCUT2D eigenvalue weighted by Gasteiger charge is 2.18. The highest BCUT2D eigenvalue weighted by Crippen LogP contribution is 2.28. The van der Waals surface area contributed by atoms with Crippen LogP contribution in [0.1, 0.15) is 0 Å². The lowest BCUT2D eigenvalue weighted by Crippen LogP contribution is -2.29. The summed E-state index contributed by atoms with van der Waals surface area (Å²) in [6.07, 6.45) is 3.99. The highest BCUT2D eigenvalue weighted by atomic mass is 79.9. The third-order valence-corrected chi connectivity index (χ3v) is 5.43. The fourth-order valence-corrected chi connectivity index (χ4v) is 3.89. The van der Waals surface area contributed by atoms with E-state index in [0.717, 1.165) is 4.73 Å². The third-order valence-electron chi connectivity index (χ3n) is 3.88. The van der Waals surface area contributed by atoms with Crippen LogP contribution in [0.2, 0.25) is 0 Å². The number of pyridine rings is 1. The summed E-state index contributed by atoms with van der Waals surface area (Å²) in [5.74, 6) is -0.437. The molecule has 9 nitrogen and oxygen atoms in total. The van der Waals surface area contributed by atoms with Crippen molar-refractivity contribution in [2.24, 2.45) is 0 Å². The number of nitrogens with one attached hydrogen (secondary N) is 2. The normalized spacial score (nSPS) is 11.5. The number of nitrogens with zero attached hydrogens (tertiary/aromatic N) is 4. The zero-order valence-electron chi connectivity index (χ0n) is 14.5. The van der Waals surface area contributed by atoms with Gasteiger partial charge in [0.25, 0.3) is 0 Å². The van der Waals surface area contributed by atoms with Crippen molar-refractivity contribution in [1.82, 2.24) is 14.6 Å². The van der Waals surface area contributed by atoms with Crippen LogP contribution in [0.3, 0.4) is 0 Å². The Labute approximate surface area is 172 Å². The number of benzene rings is 1. The molecular formula is C17H13BrFN6O3S+. The lowest BCUT2D eigenvalue weighted by Gasteiger charge is -2.12. The SMILES string of the molecule is O=S(=O)(Nc1cc[n+](O)cc1)Nc1cc(-c2ccccc2F)nc2c(Br)cnn12. The molecule has 0 atom stereocenters. The van der Waals surface area contributed by atoms with Crippen LogP contribution in [-0.2, 0) is 10.2 Å². The lowest BCUT2D eigenvalue weighted by atomic mass is 10.1. The van der Waals surface area contributed by atoms with Gasteiger partial charge in [0.1, 0.15) is 11.6 Å². The Morgan fingerprint density at radius 1 is 1.14 bits per heavy atom. The molecule has 0 spiro atoms. The molecule has 0 bridgehead atoms. The summed E-state index contributed by atoms with van der Waals surface area (Å²) in [7, 11) is -4.08. The maximum absolute atomic E-state index is 14.2. The molecule has 4 aromatic rings. The Morgan fingerprint density at radius 3 is 2.59 bits per heavy atom. The molecule has 0 saturated heterocycles. The van der Waals surface area contributed by atoms with Gasteiger partial charge in [0.2, 0.25) is 12.4 Å². The lowest BCUT2D eigenvalue weighted by molar-refractivity contribution is -0.904. The van der Waals surface area contributed by atoms with Gasteiger partial charge < -0.3 is 0 Å². The van der Waals surface area contributed by atoms with E-state index in [0.29, 0.717) is 10.1 Å². The first kappa shape index (κ1) is 19.1. The first-order valence-corrected chi connectivity index (χ1v) is 10.4. The minimum atomic E-state index is -4.08. The first-order valence-electron chi connectivity index (χ1n) is 8.13. The molecule has 3 N–H and O–H groups in total. The number of aromatic nitrogens is 4. The summed E-state index contributed by atoms with van der Waals surface area (Å²) >= 11 is 3.31. The van der Waals surface area contributed by atoms with E-state index in [4.69, 9.17) is 0 Å². The third kappa shape index (κ3) is 3.98. The Morgan fingerprint density at radius 2 is 1.86 bits per heavy atom. The van der Waals surface area contributed by atoms with Crippen molar-refractivity contribution in [1.29, 1.82) is 0 Å². The molecule has 0 amide bonds. The number of anilines is 2. The van der Waals surface area contributed by atoms with Crippen LogP contribution in [0.4, 0.5) is 15.9 Å². The molecule has 4 rings (SSSR count). The minimum absolute atomic E-state index is 0.0552. The summed E-state index contributed by atoms with van der Waals surface area (Å²) in [4.78, 5) is 4.38. The second-order valence-corrected chi connectivity index (χ2v) is 8.18. The maximum atomic E-state index is 14.2. The Kier molecular flexibility index (Phi) is 4.80. The van der Waals surface area contributed by atoms with E-state index in [9.17, 15) is 18.0 Å². The smallest absolute Gasteiger partial charge is 0.285 e. The summed E-state index contributed by atoms with van der Waals surface area (Å²) in [5.41, 5.74) is 0.983. The maximum Gasteiger partial charge on any atom is 0.322 e. The molecule has 0 aliphatic carbocycles. The van der Waals surface area contributed by atoms with Crippen molar-refractivity contribution in [3.63, 3.8) is 0 Å². The van der Waals surface area contributed by atoms with E-state index < -0.39 is 16.0 Å². The summed E-state index contributed by atoms with van der Waals surface area (Å²) in [6.45, 7) is 0. The largest absolute Gasteiger partial charge is 0.322 e. The molecule has 0 unspecified atom stereocenters. The van der Waals surface area contributed by atoms with Crippen LogP contribution in [0.5, 0.6) is 0 Å². The van der Waals surface area contributed by atoms with Gasteiger partial charge in [-0.2, -0.15) is 18.0 Å². The van der Waals surface area contributed by atoms with Crippen LogP contribution in [0.25, 0.3) is 16.9 Å². The van der Waals surface area contributed by atoms with E-state index in [1.165, 1.54) is 47.4 Å². The van der Waals surface area contributed by atoms with Crippen molar-refractivity contribution in [3.8, 4) is 11.3 Å². The van der Waals surface area contributed by atoms with Gasteiger partial charge in [0.05, 0.1) is 22.1 Å². The van der Waals surface area contributed by atoms with E-state index in [2.05, 4.69) is 35.5 Å². The van der Waals surface area contributed by atoms with Gasteiger partial charge in [-0.1, -0.05) is 12.1 Å². The number of rotatable bonds is 5. The molecule has 3 aromatic heterocycles.